The fraction of sp³-hybridized carbons (Fsp3) is 0.200. The smallest absolute Gasteiger partial charge is 0.166 e. The Balaban J connectivity index is 2.28. The van der Waals surface area contributed by atoms with E-state index in [-0.39, 0.29) is 11.8 Å². The molecule has 0 saturated heterocycles. The molecule has 2 rings (SSSR count). The minimum Gasteiger partial charge on any atom is -0.481 e. The molecule has 0 aliphatic heterocycles. The Morgan fingerprint density at radius 2 is 1.65 bits per heavy atom. The van der Waals surface area contributed by atoms with Gasteiger partial charge in [-0.2, -0.15) is 0 Å². The Kier molecular flexibility index (Phi) is 5.18. The van der Waals surface area contributed by atoms with E-state index in [0.717, 1.165) is 10.0 Å². The van der Waals surface area contributed by atoms with E-state index in [1.165, 1.54) is 6.07 Å². The average Bonchev–Trinajstić information content (AvgIpc) is 2.39. The number of ether oxygens (including phenoxy) is 1. The summed E-state index contributed by atoms with van der Waals surface area (Å²) in [6, 6.07) is 12.1. The Labute approximate surface area is 134 Å². The van der Waals surface area contributed by atoms with Gasteiger partial charge in [-0.1, -0.05) is 44.0 Å². The standard InChI is InChI=1S/C15H14Br2FNO/c1-9(19)15(10-2-4-11(16)5-3-10)20-14-7-6-12(17)8-13(14)18/h2-9,15H,19H2,1H3. The molecular weight excluding hydrogens is 389 g/mol. The zero-order valence-corrected chi connectivity index (χ0v) is 14.0. The number of hydrogen-bond donors (Lipinski definition) is 1. The largest absolute Gasteiger partial charge is 0.481 e. The van der Waals surface area contributed by atoms with E-state index in [2.05, 4.69) is 31.9 Å². The van der Waals surface area contributed by atoms with Crippen LogP contribution in [-0.4, -0.2) is 6.04 Å². The Hall–Kier alpha value is -0.910. The van der Waals surface area contributed by atoms with Crippen molar-refractivity contribution < 1.29 is 9.13 Å². The van der Waals surface area contributed by atoms with Gasteiger partial charge in [0.15, 0.2) is 11.6 Å². The summed E-state index contributed by atoms with van der Waals surface area (Å²) in [7, 11) is 0. The zero-order chi connectivity index (χ0) is 14.7. The molecule has 5 heteroatoms. The predicted molar refractivity (Wildman–Crippen MR) is 85.3 cm³/mol. The van der Waals surface area contributed by atoms with Gasteiger partial charge >= 0.3 is 0 Å². The van der Waals surface area contributed by atoms with Gasteiger partial charge in [-0.3, -0.25) is 0 Å². The highest BCUT2D eigenvalue weighted by atomic mass is 79.9. The van der Waals surface area contributed by atoms with Gasteiger partial charge in [-0.25, -0.2) is 4.39 Å². The van der Waals surface area contributed by atoms with Crippen molar-refractivity contribution in [2.75, 3.05) is 0 Å². The van der Waals surface area contributed by atoms with Gasteiger partial charge < -0.3 is 10.5 Å². The van der Waals surface area contributed by atoms with Crippen LogP contribution in [0, 0.1) is 5.82 Å². The van der Waals surface area contributed by atoms with Gasteiger partial charge in [0.2, 0.25) is 0 Å². The third-order valence-electron chi connectivity index (χ3n) is 2.82. The second-order valence-corrected chi connectivity index (χ2v) is 6.36. The molecule has 0 aliphatic carbocycles. The van der Waals surface area contributed by atoms with Crippen molar-refractivity contribution in [3.63, 3.8) is 0 Å². The van der Waals surface area contributed by atoms with Crippen LogP contribution >= 0.6 is 31.9 Å². The molecule has 2 atom stereocenters. The summed E-state index contributed by atoms with van der Waals surface area (Å²) in [5.41, 5.74) is 6.87. The lowest BCUT2D eigenvalue weighted by atomic mass is 10.0. The molecule has 0 fully saturated rings. The Morgan fingerprint density at radius 3 is 2.20 bits per heavy atom. The molecule has 0 saturated carbocycles. The lowest BCUT2D eigenvalue weighted by Gasteiger charge is -2.23. The molecule has 0 aliphatic rings. The average molecular weight is 403 g/mol. The minimum absolute atomic E-state index is 0.193. The van der Waals surface area contributed by atoms with Gasteiger partial charge in [-0.05, 0) is 42.8 Å². The summed E-state index contributed by atoms with van der Waals surface area (Å²) in [6.45, 7) is 1.84. The number of benzene rings is 2. The maximum absolute atomic E-state index is 13.9. The van der Waals surface area contributed by atoms with Crippen LogP contribution in [0.15, 0.2) is 51.4 Å². The second kappa shape index (κ2) is 6.70. The fourth-order valence-corrected chi connectivity index (χ4v) is 2.44. The van der Waals surface area contributed by atoms with Crippen LogP contribution in [0.1, 0.15) is 18.6 Å². The van der Waals surface area contributed by atoms with Gasteiger partial charge in [-0.15, -0.1) is 0 Å². The Bertz CT molecular complexity index is 587. The molecule has 0 amide bonds. The van der Waals surface area contributed by atoms with Crippen LogP contribution < -0.4 is 10.5 Å². The summed E-state index contributed by atoms with van der Waals surface area (Å²) in [4.78, 5) is 0. The monoisotopic (exact) mass is 401 g/mol. The summed E-state index contributed by atoms with van der Waals surface area (Å²) in [5.74, 6) is -0.222. The highest BCUT2D eigenvalue weighted by Crippen LogP contribution is 2.28. The normalized spacial score (nSPS) is 13.8. The van der Waals surface area contributed by atoms with E-state index < -0.39 is 11.9 Å². The van der Waals surface area contributed by atoms with Crippen LogP contribution in [0.25, 0.3) is 0 Å². The zero-order valence-electron chi connectivity index (χ0n) is 10.8. The minimum atomic E-state index is -0.415. The fourth-order valence-electron chi connectivity index (χ4n) is 1.84. The van der Waals surface area contributed by atoms with E-state index in [1.54, 1.807) is 12.1 Å². The first kappa shape index (κ1) is 15.5. The highest BCUT2D eigenvalue weighted by Gasteiger charge is 2.19. The van der Waals surface area contributed by atoms with Crippen molar-refractivity contribution in [2.45, 2.75) is 19.1 Å². The number of nitrogens with two attached hydrogens (primary N) is 1. The van der Waals surface area contributed by atoms with Crippen molar-refractivity contribution in [1.82, 2.24) is 0 Å². The SMILES string of the molecule is CC(N)C(Oc1ccc(Br)cc1F)c1ccc(Br)cc1. The summed E-state index contributed by atoms with van der Waals surface area (Å²) < 4.78 is 21.2. The molecule has 0 spiro atoms. The molecule has 2 aromatic rings. The highest BCUT2D eigenvalue weighted by molar-refractivity contribution is 9.10. The first-order valence-corrected chi connectivity index (χ1v) is 7.68. The van der Waals surface area contributed by atoms with E-state index in [9.17, 15) is 4.39 Å². The lowest BCUT2D eigenvalue weighted by molar-refractivity contribution is 0.172. The summed E-state index contributed by atoms with van der Waals surface area (Å²) in [5, 5.41) is 0. The first-order valence-electron chi connectivity index (χ1n) is 6.10. The van der Waals surface area contributed by atoms with Gasteiger partial charge in [0, 0.05) is 15.0 Å². The maximum Gasteiger partial charge on any atom is 0.166 e. The molecule has 2 unspecified atom stereocenters. The van der Waals surface area contributed by atoms with Crippen molar-refractivity contribution in [3.05, 3.63) is 62.8 Å². The molecule has 106 valence electrons. The molecular formula is C15H14Br2FNO. The van der Waals surface area contributed by atoms with E-state index in [0.29, 0.717) is 4.47 Å². The third-order valence-corrected chi connectivity index (χ3v) is 3.85. The molecule has 0 heterocycles. The van der Waals surface area contributed by atoms with Crippen molar-refractivity contribution in [2.24, 2.45) is 5.73 Å². The first-order chi connectivity index (χ1) is 9.47. The van der Waals surface area contributed by atoms with Crippen molar-refractivity contribution in [3.8, 4) is 5.75 Å². The molecule has 2 N–H and O–H groups in total. The predicted octanol–water partition coefficient (Wildman–Crippen LogP) is 4.82. The number of hydrogen-bond acceptors (Lipinski definition) is 2. The quantitative estimate of drug-likeness (QED) is 0.795. The molecule has 0 aromatic heterocycles. The molecule has 2 aromatic carbocycles. The molecule has 0 radical (unpaired) electrons. The third kappa shape index (κ3) is 3.81. The lowest BCUT2D eigenvalue weighted by Crippen LogP contribution is -2.29. The maximum atomic E-state index is 13.9. The number of rotatable bonds is 4. The van der Waals surface area contributed by atoms with E-state index in [1.807, 2.05) is 31.2 Å². The molecule has 2 nitrogen and oxygen atoms in total. The van der Waals surface area contributed by atoms with Crippen LogP contribution in [0.4, 0.5) is 4.39 Å². The van der Waals surface area contributed by atoms with Crippen LogP contribution in [-0.2, 0) is 0 Å². The second-order valence-electron chi connectivity index (χ2n) is 4.52. The van der Waals surface area contributed by atoms with Crippen LogP contribution in [0.2, 0.25) is 0 Å². The summed E-state index contributed by atoms with van der Waals surface area (Å²) >= 11 is 6.60. The van der Waals surface area contributed by atoms with E-state index >= 15 is 0 Å². The van der Waals surface area contributed by atoms with Crippen molar-refractivity contribution in [1.29, 1.82) is 0 Å². The molecule has 0 bridgehead atoms. The molecule has 20 heavy (non-hydrogen) atoms. The number of halogens is 3. The van der Waals surface area contributed by atoms with Gasteiger partial charge in [0.25, 0.3) is 0 Å². The summed E-state index contributed by atoms with van der Waals surface area (Å²) in [6.07, 6.45) is -0.404. The van der Waals surface area contributed by atoms with Crippen molar-refractivity contribution >= 4 is 31.9 Å². The van der Waals surface area contributed by atoms with Crippen LogP contribution in [0.5, 0.6) is 5.75 Å². The topological polar surface area (TPSA) is 35.2 Å². The van der Waals surface area contributed by atoms with Gasteiger partial charge in [0.1, 0.15) is 6.10 Å². The van der Waals surface area contributed by atoms with Crippen LogP contribution in [0.3, 0.4) is 0 Å². The van der Waals surface area contributed by atoms with Gasteiger partial charge in [0.05, 0.1) is 0 Å². The van der Waals surface area contributed by atoms with E-state index in [4.69, 9.17) is 10.5 Å². The Morgan fingerprint density at radius 1 is 1.05 bits per heavy atom.